The highest BCUT2D eigenvalue weighted by Gasteiger charge is 2.31. The molecular weight excluding hydrogens is 379 g/mol. The fraction of sp³-hybridized carbons (Fsp3) is 0.176. The molecule has 0 saturated carbocycles. The fourth-order valence-electron chi connectivity index (χ4n) is 2.14. The van der Waals surface area contributed by atoms with E-state index in [1.54, 1.807) is 17.5 Å². The van der Waals surface area contributed by atoms with E-state index in [0.717, 1.165) is 12.1 Å². The highest BCUT2D eigenvalue weighted by Crippen LogP contribution is 2.31. The minimum atomic E-state index is -3.90. The zero-order valence-electron chi connectivity index (χ0n) is 13.6. The minimum absolute atomic E-state index is 0.0670. The van der Waals surface area contributed by atoms with Crippen LogP contribution in [-0.2, 0) is 19.4 Å². The van der Waals surface area contributed by atoms with Gasteiger partial charge in [0, 0.05) is 18.0 Å². The molecule has 6 nitrogen and oxygen atoms in total. The molecule has 0 radical (unpaired) electrons. The van der Waals surface area contributed by atoms with Crippen LogP contribution in [0.4, 0.5) is 4.39 Å². The number of hydrogen-bond acceptors (Lipinski definition) is 5. The number of carbonyl (C=O) groups excluding carboxylic acids is 2. The first-order valence-electron chi connectivity index (χ1n) is 7.56. The van der Waals surface area contributed by atoms with Crippen LogP contribution in [-0.4, -0.2) is 33.3 Å². The lowest BCUT2D eigenvalue weighted by molar-refractivity contribution is -0.139. The molecule has 0 aliphatic rings. The number of nitrogens with one attached hydrogen (secondary N) is 2. The van der Waals surface area contributed by atoms with Crippen LogP contribution in [0.2, 0.25) is 0 Å². The maximum Gasteiger partial charge on any atom is 0.309 e. The second kappa shape index (κ2) is 8.72. The highest BCUT2D eigenvalue weighted by atomic mass is 32.2. The first kappa shape index (κ1) is 19.8. The Balaban J connectivity index is 2.22. The van der Waals surface area contributed by atoms with E-state index < -0.39 is 32.7 Å². The SMILES string of the molecule is C=CCNC(=O)C(=O)NC[C@@H](c1cccs1)S(=O)(=O)c1ccc(F)cc1. The summed E-state index contributed by atoms with van der Waals surface area (Å²) in [5.41, 5.74) is 0. The van der Waals surface area contributed by atoms with Gasteiger partial charge in [0.25, 0.3) is 0 Å². The Kier molecular flexibility index (Phi) is 6.64. The molecule has 26 heavy (non-hydrogen) atoms. The van der Waals surface area contributed by atoms with Crippen LogP contribution in [0.1, 0.15) is 10.1 Å². The van der Waals surface area contributed by atoms with Gasteiger partial charge in [-0.2, -0.15) is 0 Å². The molecule has 0 spiro atoms. The first-order chi connectivity index (χ1) is 12.4. The molecule has 1 aromatic heterocycles. The number of thiophene rings is 1. The standard InChI is InChI=1S/C17H17FN2O4S2/c1-2-9-19-16(21)17(22)20-11-15(14-4-3-10-25-14)26(23,24)13-7-5-12(18)6-8-13/h2-8,10,15H,1,9,11H2,(H,19,21)(H,20,22)/t15-/m0/s1. The molecule has 2 amide bonds. The van der Waals surface area contributed by atoms with Crippen molar-refractivity contribution in [2.45, 2.75) is 10.1 Å². The van der Waals surface area contributed by atoms with E-state index in [1.807, 2.05) is 0 Å². The summed E-state index contributed by atoms with van der Waals surface area (Å²) in [5.74, 6) is -2.37. The summed E-state index contributed by atoms with van der Waals surface area (Å²) in [6, 6.07) is 7.76. The predicted octanol–water partition coefficient (Wildman–Crippen LogP) is 1.82. The average molecular weight is 396 g/mol. The van der Waals surface area contributed by atoms with Gasteiger partial charge in [0.15, 0.2) is 9.84 Å². The second-order valence-electron chi connectivity index (χ2n) is 5.21. The summed E-state index contributed by atoms with van der Waals surface area (Å²) < 4.78 is 38.9. The van der Waals surface area contributed by atoms with E-state index in [0.29, 0.717) is 4.88 Å². The molecule has 2 N–H and O–H groups in total. The summed E-state index contributed by atoms with van der Waals surface area (Å²) in [6.07, 6.45) is 1.42. The van der Waals surface area contributed by atoms with Crippen LogP contribution < -0.4 is 10.6 Å². The number of amides is 2. The highest BCUT2D eigenvalue weighted by molar-refractivity contribution is 7.91. The van der Waals surface area contributed by atoms with Crippen LogP contribution in [0.15, 0.2) is 59.3 Å². The molecule has 0 aliphatic carbocycles. The molecule has 2 rings (SSSR count). The lowest BCUT2D eigenvalue weighted by Gasteiger charge is -2.17. The summed E-state index contributed by atoms with van der Waals surface area (Å²) in [4.78, 5) is 23.9. The number of sulfone groups is 1. The Labute approximate surface area is 154 Å². The van der Waals surface area contributed by atoms with Gasteiger partial charge in [-0.05, 0) is 35.7 Å². The summed E-state index contributed by atoms with van der Waals surface area (Å²) in [5, 5.41) is 5.26. The molecule has 1 aromatic carbocycles. The number of carbonyl (C=O) groups is 2. The molecule has 0 bridgehead atoms. The number of halogens is 1. The van der Waals surface area contributed by atoms with Crippen LogP contribution in [0.3, 0.4) is 0 Å². The normalized spacial score (nSPS) is 12.2. The van der Waals surface area contributed by atoms with E-state index in [9.17, 15) is 22.4 Å². The van der Waals surface area contributed by atoms with Gasteiger partial charge in [0.05, 0.1) is 4.90 Å². The smallest absolute Gasteiger partial charge is 0.309 e. The minimum Gasteiger partial charge on any atom is -0.346 e. The van der Waals surface area contributed by atoms with Crippen molar-refractivity contribution in [3.8, 4) is 0 Å². The van der Waals surface area contributed by atoms with Crippen molar-refractivity contribution >= 4 is 33.0 Å². The third-order valence-corrected chi connectivity index (χ3v) is 6.67. The molecular formula is C17H17FN2O4S2. The fourth-order valence-corrected chi connectivity index (χ4v) is 4.92. The topological polar surface area (TPSA) is 92.3 Å². The zero-order chi connectivity index (χ0) is 19.2. The second-order valence-corrected chi connectivity index (χ2v) is 8.32. The lowest BCUT2D eigenvalue weighted by atomic mass is 10.3. The molecule has 1 atom stereocenters. The van der Waals surface area contributed by atoms with Crippen molar-refractivity contribution in [3.05, 3.63) is 65.1 Å². The van der Waals surface area contributed by atoms with Gasteiger partial charge >= 0.3 is 11.8 Å². The maximum atomic E-state index is 13.1. The van der Waals surface area contributed by atoms with Crippen molar-refractivity contribution < 1.29 is 22.4 Å². The zero-order valence-corrected chi connectivity index (χ0v) is 15.3. The van der Waals surface area contributed by atoms with Crippen molar-refractivity contribution in [3.63, 3.8) is 0 Å². The van der Waals surface area contributed by atoms with Crippen molar-refractivity contribution in [2.24, 2.45) is 0 Å². The van der Waals surface area contributed by atoms with Gasteiger partial charge in [-0.15, -0.1) is 17.9 Å². The van der Waals surface area contributed by atoms with E-state index in [1.165, 1.54) is 29.5 Å². The Bertz CT molecular complexity index is 878. The van der Waals surface area contributed by atoms with Crippen molar-refractivity contribution in [1.82, 2.24) is 10.6 Å². The average Bonchev–Trinajstić information content (AvgIpc) is 3.14. The maximum absolute atomic E-state index is 13.1. The summed E-state index contributed by atoms with van der Waals surface area (Å²) in [7, 11) is -3.90. The van der Waals surface area contributed by atoms with Crippen LogP contribution in [0.25, 0.3) is 0 Å². The third kappa shape index (κ3) is 4.77. The van der Waals surface area contributed by atoms with E-state index >= 15 is 0 Å². The quantitative estimate of drug-likeness (QED) is 0.424. The van der Waals surface area contributed by atoms with Crippen LogP contribution >= 0.6 is 11.3 Å². The Hall–Kier alpha value is -2.52. The molecule has 0 unspecified atom stereocenters. The first-order valence-corrected chi connectivity index (χ1v) is 9.98. The Morgan fingerprint density at radius 1 is 1.15 bits per heavy atom. The monoisotopic (exact) mass is 396 g/mol. The Morgan fingerprint density at radius 3 is 2.38 bits per heavy atom. The van der Waals surface area contributed by atoms with E-state index in [-0.39, 0.29) is 18.0 Å². The molecule has 0 fully saturated rings. The Morgan fingerprint density at radius 2 is 1.81 bits per heavy atom. The van der Waals surface area contributed by atoms with Gasteiger partial charge in [-0.1, -0.05) is 12.1 Å². The largest absolute Gasteiger partial charge is 0.346 e. The molecule has 138 valence electrons. The van der Waals surface area contributed by atoms with Crippen molar-refractivity contribution in [2.75, 3.05) is 13.1 Å². The van der Waals surface area contributed by atoms with Gasteiger partial charge in [-0.3, -0.25) is 9.59 Å². The van der Waals surface area contributed by atoms with E-state index in [2.05, 4.69) is 17.2 Å². The van der Waals surface area contributed by atoms with Crippen molar-refractivity contribution in [1.29, 1.82) is 0 Å². The third-order valence-electron chi connectivity index (χ3n) is 3.44. The van der Waals surface area contributed by atoms with Crippen LogP contribution in [0.5, 0.6) is 0 Å². The number of rotatable bonds is 7. The predicted molar refractivity (Wildman–Crippen MR) is 96.9 cm³/mol. The van der Waals surface area contributed by atoms with Crippen LogP contribution in [0, 0.1) is 5.82 Å². The molecule has 2 aromatic rings. The number of benzene rings is 1. The molecule has 1 heterocycles. The van der Waals surface area contributed by atoms with Gasteiger partial charge in [0.2, 0.25) is 0 Å². The molecule has 0 saturated heterocycles. The lowest BCUT2D eigenvalue weighted by Crippen LogP contribution is -2.42. The van der Waals surface area contributed by atoms with Gasteiger partial charge < -0.3 is 10.6 Å². The van der Waals surface area contributed by atoms with Gasteiger partial charge in [-0.25, -0.2) is 12.8 Å². The number of hydrogen-bond donors (Lipinski definition) is 2. The summed E-state index contributed by atoms with van der Waals surface area (Å²) >= 11 is 1.21. The molecule has 9 heteroatoms. The van der Waals surface area contributed by atoms with Gasteiger partial charge in [0.1, 0.15) is 11.1 Å². The van der Waals surface area contributed by atoms with E-state index in [4.69, 9.17) is 0 Å². The summed E-state index contributed by atoms with van der Waals surface area (Å²) in [6.45, 7) is 3.25. The molecule has 0 aliphatic heterocycles.